The van der Waals surface area contributed by atoms with Crippen LogP contribution < -0.4 is 0 Å². The lowest BCUT2D eigenvalue weighted by molar-refractivity contribution is -0.206. The summed E-state index contributed by atoms with van der Waals surface area (Å²) in [7, 11) is 0. The van der Waals surface area contributed by atoms with Crippen LogP contribution in [0.15, 0.2) is 91.0 Å². The molecule has 1 aliphatic rings. The third kappa shape index (κ3) is 3.90. The van der Waals surface area contributed by atoms with Crippen LogP contribution in [-0.2, 0) is 15.1 Å². The topological polar surface area (TPSA) is 79.2 Å². The van der Waals surface area contributed by atoms with E-state index in [9.17, 15) is 15.3 Å². The van der Waals surface area contributed by atoms with Crippen molar-refractivity contribution in [2.75, 3.05) is 13.2 Å². The summed E-state index contributed by atoms with van der Waals surface area (Å²) in [4.78, 5) is 0. The second-order valence-electron chi connectivity index (χ2n) is 7.51. The lowest BCUT2D eigenvalue weighted by atomic mass is 9.80. The SMILES string of the molecule is O[C@H]1[C@H](O)[C@@H](COC(c2ccccc2)(c2ccccc2)c2ccccc2)OC[C@@H]1O. The van der Waals surface area contributed by atoms with E-state index in [1.165, 1.54) is 0 Å². The Morgan fingerprint density at radius 1 is 0.700 bits per heavy atom. The van der Waals surface area contributed by atoms with Gasteiger partial charge in [-0.2, -0.15) is 0 Å². The summed E-state index contributed by atoms with van der Waals surface area (Å²) in [6, 6.07) is 29.7. The molecule has 4 atom stereocenters. The van der Waals surface area contributed by atoms with Crippen LogP contribution in [0.25, 0.3) is 0 Å². The van der Waals surface area contributed by atoms with Crippen LogP contribution in [0.2, 0.25) is 0 Å². The van der Waals surface area contributed by atoms with Gasteiger partial charge in [0.2, 0.25) is 0 Å². The number of aliphatic hydroxyl groups excluding tert-OH is 3. The van der Waals surface area contributed by atoms with Crippen molar-refractivity contribution in [2.24, 2.45) is 0 Å². The van der Waals surface area contributed by atoms with Crippen molar-refractivity contribution in [1.29, 1.82) is 0 Å². The molecule has 3 aromatic carbocycles. The highest BCUT2D eigenvalue weighted by Gasteiger charge is 2.42. The van der Waals surface area contributed by atoms with Crippen LogP contribution in [0.3, 0.4) is 0 Å². The Kier molecular flexibility index (Phi) is 6.27. The third-order valence-corrected chi connectivity index (χ3v) is 5.61. The van der Waals surface area contributed by atoms with Crippen molar-refractivity contribution in [3.05, 3.63) is 108 Å². The highest BCUT2D eigenvalue weighted by atomic mass is 16.6. The molecule has 3 aromatic rings. The molecule has 30 heavy (non-hydrogen) atoms. The minimum atomic E-state index is -1.27. The molecule has 1 aliphatic heterocycles. The molecule has 0 aliphatic carbocycles. The number of aliphatic hydroxyl groups is 3. The van der Waals surface area contributed by atoms with Crippen molar-refractivity contribution >= 4 is 0 Å². The first kappa shape index (κ1) is 20.7. The van der Waals surface area contributed by atoms with Gasteiger partial charge in [0.05, 0.1) is 13.2 Å². The van der Waals surface area contributed by atoms with E-state index in [0.717, 1.165) is 16.7 Å². The van der Waals surface area contributed by atoms with E-state index in [2.05, 4.69) is 0 Å². The molecule has 1 fully saturated rings. The Bertz CT molecular complexity index is 819. The molecular formula is C25H26O5. The first-order valence-corrected chi connectivity index (χ1v) is 10.1. The maximum atomic E-state index is 10.4. The van der Waals surface area contributed by atoms with Crippen molar-refractivity contribution < 1.29 is 24.8 Å². The van der Waals surface area contributed by atoms with Gasteiger partial charge in [0.25, 0.3) is 0 Å². The maximum Gasteiger partial charge on any atom is 0.143 e. The van der Waals surface area contributed by atoms with Gasteiger partial charge in [-0.3, -0.25) is 0 Å². The van der Waals surface area contributed by atoms with Crippen molar-refractivity contribution in [3.8, 4) is 0 Å². The standard InChI is InChI=1S/C25H26O5/c26-21-16-29-22(24(28)23(21)27)17-30-25(18-10-4-1-5-11-18,19-12-6-2-7-13-19)20-14-8-3-9-15-20/h1-15,21-24,26-28H,16-17H2/t21-,22+,23+,24+/m0/s1. The van der Waals surface area contributed by atoms with Crippen LogP contribution in [0.4, 0.5) is 0 Å². The lowest BCUT2D eigenvalue weighted by Crippen LogP contribution is -2.55. The summed E-state index contributed by atoms with van der Waals surface area (Å²) in [6.07, 6.45) is -4.39. The molecule has 156 valence electrons. The van der Waals surface area contributed by atoms with Gasteiger partial charge in [0.1, 0.15) is 30.0 Å². The quantitative estimate of drug-likeness (QED) is 0.548. The Morgan fingerprint density at radius 3 is 1.57 bits per heavy atom. The van der Waals surface area contributed by atoms with Gasteiger partial charge in [0, 0.05) is 0 Å². The maximum absolute atomic E-state index is 10.4. The summed E-state index contributed by atoms with van der Waals surface area (Å²) in [5, 5.41) is 30.2. The summed E-state index contributed by atoms with van der Waals surface area (Å²) >= 11 is 0. The predicted octanol–water partition coefficient (Wildman–Crippen LogP) is 2.48. The van der Waals surface area contributed by atoms with Gasteiger partial charge >= 0.3 is 0 Å². The zero-order valence-electron chi connectivity index (χ0n) is 16.5. The normalized spacial score (nSPS) is 24.5. The fraction of sp³-hybridized carbons (Fsp3) is 0.280. The van der Waals surface area contributed by atoms with E-state index in [4.69, 9.17) is 9.47 Å². The number of ether oxygens (including phenoxy) is 2. The average Bonchev–Trinajstić information content (AvgIpc) is 2.81. The largest absolute Gasteiger partial charge is 0.388 e. The number of hydrogen-bond donors (Lipinski definition) is 3. The Morgan fingerprint density at radius 2 is 1.13 bits per heavy atom. The molecule has 1 saturated heterocycles. The van der Waals surface area contributed by atoms with Crippen molar-refractivity contribution in [1.82, 2.24) is 0 Å². The lowest BCUT2D eigenvalue weighted by Gasteiger charge is -2.40. The monoisotopic (exact) mass is 406 g/mol. The molecule has 4 rings (SSSR count). The van der Waals surface area contributed by atoms with Gasteiger partial charge in [0.15, 0.2) is 0 Å². The van der Waals surface area contributed by atoms with Crippen LogP contribution in [0.5, 0.6) is 0 Å². The molecule has 0 bridgehead atoms. The molecule has 0 radical (unpaired) electrons. The van der Waals surface area contributed by atoms with Crippen molar-refractivity contribution in [3.63, 3.8) is 0 Å². The Balaban J connectivity index is 1.77. The smallest absolute Gasteiger partial charge is 0.143 e. The van der Waals surface area contributed by atoms with Gasteiger partial charge < -0.3 is 24.8 Å². The summed E-state index contributed by atoms with van der Waals surface area (Å²) in [5.41, 5.74) is 1.88. The van der Waals surface area contributed by atoms with Gasteiger partial charge in [-0.1, -0.05) is 91.0 Å². The zero-order chi connectivity index (χ0) is 21.0. The van der Waals surface area contributed by atoms with E-state index < -0.39 is 30.0 Å². The Labute approximate surface area is 176 Å². The number of rotatable bonds is 6. The molecule has 0 amide bonds. The number of benzene rings is 3. The molecule has 5 nitrogen and oxygen atoms in total. The van der Waals surface area contributed by atoms with Crippen LogP contribution in [0.1, 0.15) is 16.7 Å². The second kappa shape index (κ2) is 9.08. The summed E-state index contributed by atoms with van der Waals surface area (Å²) in [6.45, 7) is -0.0229. The van der Waals surface area contributed by atoms with E-state index in [0.29, 0.717) is 0 Å². The van der Waals surface area contributed by atoms with Crippen LogP contribution in [0, 0.1) is 0 Å². The molecule has 0 saturated carbocycles. The minimum absolute atomic E-state index is 0.0314. The van der Waals surface area contributed by atoms with E-state index in [1.54, 1.807) is 0 Å². The molecule has 0 aromatic heterocycles. The molecule has 3 N–H and O–H groups in total. The first-order valence-electron chi connectivity index (χ1n) is 10.1. The first-order chi connectivity index (χ1) is 14.6. The Hall–Kier alpha value is -2.54. The highest BCUT2D eigenvalue weighted by Crippen LogP contribution is 2.40. The minimum Gasteiger partial charge on any atom is -0.388 e. The third-order valence-electron chi connectivity index (χ3n) is 5.61. The zero-order valence-corrected chi connectivity index (χ0v) is 16.5. The second-order valence-corrected chi connectivity index (χ2v) is 7.51. The molecule has 5 heteroatoms. The predicted molar refractivity (Wildman–Crippen MR) is 113 cm³/mol. The van der Waals surface area contributed by atoms with E-state index in [1.807, 2.05) is 91.0 Å². The van der Waals surface area contributed by atoms with E-state index in [-0.39, 0.29) is 13.2 Å². The van der Waals surface area contributed by atoms with Crippen LogP contribution >= 0.6 is 0 Å². The molecule has 1 heterocycles. The average molecular weight is 406 g/mol. The summed E-state index contributed by atoms with van der Waals surface area (Å²) in [5.74, 6) is 0. The summed E-state index contributed by atoms with van der Waals surface area (Å²) < 4.78 is 12.2. The van der Waals surface area contributed by atoms with E-state index >= 15 is 0 Å². The van der Waals surface area contributed by atoms with Gasteiger partial charge in [-0.15, -0.1) is 0 Å². The van der Waals surface area contributed by atoms with Gasteiger partial charge in [-0.05, 0) is 16.7 Å². The fourth-order valence-electron chi connectivity index (χ4n) is 3.99. The van der Waals surface area contributed by atoms with Crippen LogP contribution in [-0.4, -0.2) is 52.9 Å². The number of hydrogen-bond acceptors (Lipinski definition) is 5. The molecule has 0 unspecified atom stereocenters. The van der Waals surface area contributed by atoms with Crippen molar-refractivity contribution in [2.45, 2.75) is 30.0 Å². The highest BCUT2D eigenvalue weighted by molar-refractivity contribution is 5.47. The fourth-order valence-corrected chi connectivity index (χ4v) is 3.99. The van der Waals surface area contributed by atoms with Gasteiger partial charge in [-0.25, -0.2) is 0 Å². The molecule has 0 spiro atoms. The molecular weight excluding hydrogens is 380 g/mol.